The molecule has 1 amide bonds. The molecule has 0 bridgehead atoms. The van der Waals surface area contributed by atoms with Crippen molar-refractivity contribution in [2.24, 2.45) is 0 Å². The molecule has 1 aliphatic rings. The zero-order valence-electron chi connectivity index (χ0n) is 14.4. The second kappa shape index (κ2) is 6.77. The second-order valence-corrected chi connectivity index (χ2v) is 6.78. The van der Waals surface area contributed by atoms with Crippen molar-refractivity contribution in [2.45, 2.75) is 58.1 Å². The molecule has 128 valence electrons. The van der Waals surface area contributed by atoms with Crippen molar-refractivity contribution in [3.8, 4) is 5.69 Å². The SMILES string of the molecule is Cc1nn(-c2ccccc2)c(C)c1CNC(=O)CC1(O)CCCC1. The van der Waals surface area contributed by atoms with E-state index in [1.807, 2.05) is 48.9 Å². The standard InChI is InChI=1S/C19H25N3O2/c1-14-17(13-20-18(23)12-19(24)10-6-7-11-19)15(2)22(21-14)16-8-4-3-5-9-16/h3-5,8-9,24H,6-7,10-13H2,1-2H3,(H,20,23). The third kappa shape index (κ3) is 3.51. The predicted octanol–water partition coefficient (Wildman–Crippen LogP) is 2.80. The Labute approximate surface area is 142 Å². The van der Waals surface area contributed by atoms with E-state index in [9.17, 15) is 9.90 Å². The number of hydrogen-bond acceptors (Lipinski definition) is 3. The highest BCUT2D eigenvalue weighted by Gasteiger charge is 2.33. The highest BCUT2D eigenvalue weighted by Crippen LogP contribution is 2.32. The van der Waals surface area contributed by atoms with E-state index in [1.54, 1.807) is 0 Å². The van der Waals surface area contributed by atoms with Gasteiger partial charge in [-0.2, -0.15) is 5.10 Å². The van der Waals surface area contributed by atoms with Gasteiger partial charge in [0.05, 0.1) is 23.4 Å². The molecule has 1 aromatic heterocycles. The van der Waals surface area contributed by atoms with E-state index in [1.165, 1.54) is 0 Å². The maximum absolute atomic E-state index is 12.2. The molecule has 0 aliphatic heterocycles. The fourth-order valence-corrected chi connectivity index (χ4v) is 3.51. The van der Waals surface area contributed by atoms with Crippen LogP contribution in [0, 0.1) is 13.8 Å². The maximum atomic E-state index is 12.2. The third-order valence-electron chi connectivity index (χ3n) is 4.93. The first kappa shape index (κ1) is 16.7. The molecule has 0 radical (unpaired) electrons. The van der Waals surface area contributed by atoms with Crippen LogP contribution in [0.25, 0.3) is 5.69 Å². The Morgan fingerprint density at radius 3 is 2.58 bits per heavy atom. The lowest BCUT2D eigenvalue weighted by molar-refractivity contribution is -0.126. The van der Waals surface area contributed by atoms with E-state index in [2.05, 4.69) is 10.4 Å². The molecule has 0 spiro atoms. The smallest absolute Gasteiger partial charge is 0.223 e. The van der Waals surface area contributed by atoms with Gasteiger partial charge in [-0.15, -0.1) is 0 Å². The van der Waals surface area contributed by atoms with Gasteiger partial charge in [-0.1, -0.05) is 31.0 Å². The topological polar surface area (TPSA) is 67.2 Å². The molecule has 0 saturated heterocycles. The third-order valence-corrected chi connectivity index (χ3v) is 4.93. The molecule has 24 heavy (non-hydrogen) atoms. The molecule has 0 atom stereocenters. The number of carbonyl (C=O) groups is 1. The number of aryl methyl sites for hydroxylation is 1. The van der Waals surface area contributed by atoms with Crippen LogP contribution < -0.4 is 5.32 Å². The van der Waals surface area contributed by atoms with Gasteiger partial charge in [0.25, 0.3) is 0 Å². The first-order valence-electron chi connectivity index (χ1n) is 8.58. The summed E-state index contributed by atoms with van der Waals surface area (Å²) >= 11 is 0. The molecule has 2 N–H and O–H groups in total. The maximum Gasteiger partial charge on any atom is 0.223 e. The molecule has 5 nitrogen and oxygen atoms in total. The fraction of sp³-hybridized carbons (Fsp3) is 0.474. The highest BCUT2D eigenvalue weighted by molar-refractivity contribution is 5.77. The molecule has 3 rings (SSSR count). The van der Waals surface area contributed by atoms with Crippen LogP contribution in [0.4, 0.5) is 0 Å². The van der Waals surface area contributed by atoms with E-state index in [0.29, 0.717) is 6.54 Å². The first-order valence-corrected chi connectivity index (χ1v) is 8.58. The van der Waals surface area contributed by atoms with Gasteiger partial charge in [0.1, 0.15) is 0 Å². The van der Waals surface area contributed by atoms with Crippen molar-refractivity contribution in [2.75, 3.05) is 0 Å². The van der Waals surface area contributed by atoms with Crippen LogP contribution in [-0.4, -0.2) is 26.4 Å². The number of hydrogen-bond donors (Lipinski definition) is 2. The van der Waals surface area contributed by atoms with Crippen molar-refractivity contribution in [3.63, 3.8) is 0 Å². The summed E-state index contributed by atoms with van der Waals surface area (Å²) in [5.41, 5.74) is 3.18. The molecule has 1 aliphatic carbocycles. The van der Waals surface area contributed by atoms with Crippen LogP contribution in [0.1, 0.15) is 49.1 Å². The van der Waals surface area contributed by atoms with Gasteiger partial charge < -0.3 is 10.4 Å². The number of carbonyl (C=O) groups excluding carboxylic acids is 1. The van der Waals surface area contributed by atoms with E-state index in [-0.39, 0.29) is 12.3 Å². The Morgan fingerprint density at radius 2 is 1.92 bits per heavy atom. The monoisotopic (exact) mass is 327 g/mol. The molecular formula is C19H25N3O2. The van der Waals surface area contributed by atoms with Crippen molar-refractivity contribution in [1.82, 2.24) is 15.1 Å². The normalized spacial score (nSPS) is 16.3. The van der Waals surface area contributed by atoms with Gasteiger partial charge in [0.15, 0.2) is 0 Å². The Hall–Kier alpha value is -2.14. The molecule has 2 aromatic rings. The summed E-state index contributed by atoms with van der Waals surface area (Å²) in [4.78, 5) is 12.2. The van der Waals surface area contributed by atoms with Gasteiger partial charge >= 0.3 is 0 Å². The largest absolute Gasteiger partial charge is 0.389 e. The summed E-state index contributed by atoms with van der Waals surface area (Å²) in [7, 11) is 0. The number of aliphatic hydroxyl groups is 1. The number of rotatable bonds is 5. The molecular weight excluding hydrogens is 302 g/mol. The Kier molecular flexibility index (Phi) is 4.71. The van der Waals surface area contributed by atoms with Crippen LogP contribution in [0.5, 0.6) is 0 Å². The van der Waals surface area contributed by atoms with E-state index in [0.717, 1.165) is 48.3 Å². The number of para-hydroxylation sites is 1. The van der Waals surface area contributed by atoms with Crippen molar-refractivity contribution in [3.05, 3.63) is 47.3 Å². The average Bonchev–Trinajstić information content (AvgIpc) is 3.10. The molecule has 1 heterocycles. The zero-order chi connectivity index (χ0) is 17.2. The highest BCUT2D eigenvalue weighted by atomic mass is 16.3. The summed E-state index contributed by atoms with van der Waals surface area (Å²) in [5.74, 6) is -0.0920. The number of nitrogens with zero attached hydrogens (tertiary/aromatic N) is 2. The van der Waals surface area contributed by atoms with Gasteiger partial charge in [-0.3, -0.25) is 4.79 Å². The fourth-order valence-electron chi connectivity index (χ4n) is 3.51. The van der Waals surface area contributed by atoms with Gasteiger partial charge in [0.2, 0.25) is 5.91 Å². The first-order chi connectivity index (χ1) is 11.5. The minimum Gasteiger partial charge on any atom is -0.389 e. The van der Waals surface area contributed by atoms with Crippen LogP contribution in [0.3, 0.4) is 0 Å². The summed E-state index contributed by atoms with van der Waals surface area (Å²) in [6, 6.07) is 9.96. The summed E-state index contributed by atoms with van der Waals surface area (Å²) in [6.45, 7) is 4.41. The van der Waals surface area contributed by atoms with Crippen molar-refractivity contribution >= 4 is 5.91 Å². The Morgan fingerprint density at radius 1 is 1.25 bits per heavy atom. The van der Waals surface area contributed by atoms with E-state index in [4.69, 9.17) is 0 Å². The lowest BCUT2D eigenvalue weighted by atomic mass is 9.97. The lowest BCUT2D eigenvalue weighted by Gasteiger charge is -2.21. The average molecular weight is 327 g/mol. The summed E-state index contributed by atoms with van der Waals surface area (Å²) in [5, 5.41) is 17.9. The zero-order valence-corrected chi connectivity index (χ0v) is 14.4. The van der Waals surface area contributed by atoms with E-state index >= 15 is 0 Å². The minimum atomic E-state index is -0.803. The molecule has 5 heteroatoms. The quantitative estimate of drug-likeness (QED) is 0.887. The van der Waals surface area contributed by atoms with Crippen LogP contribution in [-0.2, 0) is 11.3 Å². The molecule has 0 unspecified atom stereocenters. The number of nitrogens with one attached hydrogen (secondary N) is 1. The minimum absolute atomic E-state index is 0.0920. The van der Waals surface area contributed by atoms with Crippen LogP contribution in [0.15, 0.2) is 30.3 Å². The Balaban J connectivity index is 1.67. The van der Waals surface area contributed by atoms with Crippen molar-refractivity contribution < 1.29 is 9.90 Å². The van der Waals surface area contributed by atoms with Crippen LogP contribution >= 0.6 is 0 Å². The molecule has 1 fully saturated rings. The van der Waals surface area contributed by atoms with Gasteiger partial charge in [-0.05, 0) is 38.8 Å². The summed E-state index contributed by atoms with van der Waals surface area (Å²) < 4.78 is 1.90. The molecule has 1 saturated carbocycles. The predicted molar refractivity (Wildman–Crippen MR) is 92.9 cm³/mol. The van der Waals surface area contributed by atoms with Gasteiger partial charge in [0, 0.05) is 17.8 Å². The van der Waals surface area contributed by atoms with Gasteiger partial charge in [-0.25, -0.2) is 4.68 Å². The number of amides is 1. The molecule has 1 aromatic carbocycles. The number of aromatic nitrogens is 2. The number of benzene rings is 1. The van der Waals surface area contributed by atoms with Crippen molar-refractivity contribution in [1.29, 1.82) is 0 Å². The lowest BCUT2D eigenvalue weighted by Crippen LogP contribution is -2.34. The van der Waals surface area contributed by atoms with E-state index < -0.39 is 5.60 Å². The summed E-state index contributed by atoms with van der Waals surface area (Å²) in [6.07, 6.45) is 3.66. The Bertz CT molecular complexity index is 716. The second-order valence-electron chi connectivity index (χ2n) is 6.78. The van der Waals surface area contributed by atoms with Crippen LogP contribution in [0.2, 0.25) is 0 Å².